The van der Waals surface area contributed by atoms with E-state index in [0.29, 0.717) is 23.4 Å². The van der Waals surface area contributed by atoms with E-state index in [1.807, 2.05) is 11.9 Å². The Morgan fingerprint density at radius 3 is 2.83 bits per heavy atom. The van der Waals surface area contributed by atoms with E-state index in [9.17, 15) is 9.18 Å². The van der Waals surface area contributed by atoms with Crippen LogP contribution in [-0.2, 0) is 0 Å². The first-order valence-electron chi connectivity index (χ1n) is 11.9. The first kappa shape index (κ1) is 23.1. The zero-order valence-electron chi connectivity index (χ0n) is 19.9. The van der Waals surface area contributed by atoms with Gasteiger partial charge in [-0.05, 0) is 74.3 Å². The highest BCUT2D eigenvalue weighted by molar-refractivity contribution is 5.97. The Bertz CT molecular complexity index is 1230. The first-order chi connectivity index (χ1) is 16.9. The first-order valence-corrected chi connectivity index (χ1v) is 11.9. The van der Waals surface area contributed by atoms with Gasteiger partial charge in [-0.2, -0.15) is 9.67 Å². The minimum absolute atomic E-state index is 0.161. The Hall–Kier alpha value is -3.67. The molecule has 2 fully saturated rings. The number of aryl methyl sites for hydroxylation is 1. The highest BCUT2D eigenvalue weighted by Gasteiger charge is 2.36. The van der Waals surface area contributed by atoms with Gasteiger partial charge in [0.25, 0.3) is 5.91 Å². The number of nitrogens with zero attached hydrogens (tertiary/aromatic N) is 8. The molecule has 1 amide bonds. The lowest BCUT2D eigenvalue weighted by molar-refractivity contribution is 0.0890. The van der Waals surface area contributed by atoms with Crippen molar-refractivity contribution in [3.05, 3.63) is 41.6 Å². The summed E-state index contributed by atoms with van der Waals surface area (Å²) in [5.74, 6) is 0.0925. The molecule has 2 atom stereocenters. The molecule has 3 aromatic rings. The van der Waals surface area contributed by atoms with Crippen molar-refractivity contribution in [1.82, 2.24) is 35.1 Å². The van der Waals surface area contributed by atoms with Crippen LogP contribution in [0.4, 0.5) is 21.8 Å². The topological polar surface area (TPSA) is 131 Å². The second kappa shape index (κ2) is 9.53. The van der Waals surface area contributed by atoms with Gasteiger partial charge in [0.1, 0.15) is 17.2 Å². The van der Waals surface area contributed by atoms with E-state index in [-0.39, 0.29) is 23.2 Å². The number of primary amides is 1. The van der Waals surface area contributed by atoms with Crippen molar-refractivity contribution < 1.29 is 9.18 Å². The predicted molar refractivity (Wildman–Crippen MR) is 128 cm³/mol. The number of nitrogens with two attached hydrogens (primary N) is 1. The van der Waals surface area contributed by atoms with Crippen LogP contribution in [-0.4, -0.2) is 73.2 Å². The van der Waals surface area contributed by atoms with Crippen molar-refractivity contribution in [1.29, 1.82) is 0 Å². The SMILES string of the molecule is Cc1nnnn1-c1ccc(F)c(Nc2ncc(C(N)=O)c(N(C)[C@H]3CCCN4CCCC[C@H]34)n2)c1. The van der Waals surface area contributed by atoms with Crippen molar-refractivity contribution in [2.24, 2.45) is 5.73 Å². The fourth-order valence-corrected chi connectivity index (χ4v) is 5.24. The molecular formula is C23H29FN10O. The molecule has 0 unspecified atom stereocenters. The van der Waals surface area contributed by atoms with E-state index in [4.69, 9.17) is 5.73 Å². The normalized spacial score (nSPS) is 20.3. The summed E-state index contributed by atoms with van der Waals surface area (Å²) in [5, 5.41) is 14.4. The Kier molecular flexibility index (Phi) is 6.29. The average molecular weight is 481 g/mol. The van der Waals surface area contributed by atoms with Crippen molar-refractivity contribution >= 4 is 23.4 Å². The van der Waals surface area contributed by atoms with Crippen LogP contribution in [0.15, 0.2) is 24.4 Å². The fourth-order valence-electron chi connectivity index (χ4n) is 5.24. The lowest BCUT2D eigenvalue weighted by atomic mass is 9.88. The van der Waals surface area contributed by atoms with E-state index in [0.717, 1.165) is 32.4 Å². The van der Waals surface area contributed by atoms with Crippen LogP contribution in [0.1, 0.15) is 48.3 Å². The predicted octanol–water partition coefficient (Wildman–Crippen LogP) is 2.20. The van der Waals surface area contributed by atoms with Crippen molar-refractivity contribution in [2.45, 2.75) is 51.1 Å². The number of halogens is 1. The number of amides is 1. The molecule has 2 aliphatic rings. The van der Waals surface area contributed by atoms with E-state index >= 15 is 0 Å². The molecule has 0 bridgehead atoms. The summed E-state index contributed by atoms with van der Waals surface area (Å²) in [4.78, 5) is 25.7. The molecule has 0 aliphatic carbocycles. The number of piperidine rings is 2. The molecule has 2 aliphatic heterocycles. The number of likely N-dealkylation sites (N-methyl/N-ethyl adjacent to an activating group) is 1. The lowest BCUT2D eigenvalue weighted by Gasteiger charge is -2.47. The minimum Gasteiger partial charge on any atom is -0.365 e. The quantitative estimate of drug-likeness (QED) is 0.545. The van der Waals surface area contributed by atoms with Crippen LogP contribution in [0.2, 0.25) is 0 Å². The average Bonchev–Trinajstić information content (AvgIpc) is 3.30. The van der Waals surface area contributed by atoms with Gasteiger partial charge in [0.2, 0.25) is 5.95 Å². The van der Waals surface area contributed by atoms with Crippen LogP contribution in [0, 0.1) is 12.7 Å². The number of tetrazole rings is 1. The summed E-state index contributed by atoms with van der Waals surface area (Å²) < 4.78 is 16.2. The van der Waals surface area contributed by atoms with Gasteiger partial charge in [-0.1, -0.05) is 6.42 Å². The summed E-state index contributed by atoms with van der Waals surface area (Å²) in [6, 6.07) is 5.09. The summed E-state index contributed by atoms with van der Waals surface area (Å²) in [7, 11) is 1.95. The monoisotopic (exact) mass is 480 g/mol. The highest BCUT2D eigenvalue weighted by atomic mass is 19.1. The lowest BCUT2D eigenvalue weighted by Crippen LogP contribution is -2.56. The standard InChI is InChI=1S/C23H29FN10O/c1-14-29-30-31-34(14)15-8-9-17(24)18(12-15)27-23-26-13-16(21(25)35)22(28-23)32(2)19-7-5-11-33-10-4-3-6-20(19)33/h8-9,12-13,19-20H,3-7,10-11H2,1-2H3,(H2,25,35)(H,26,27,28)/t19-,20+/m0/s1. The van der Waals surface area contributed by atoms with Crippen LogP contribution >= 0.6 is 0 Å². The van der Waals surface area contributed by atoms with Gasteiger partial charge in [0.05, 0.1) is 11.4 Å². The number of nitrogens with one attached hydrogen (secondary N) is 1. The molecule has 2 saturated heterocycles. The van der Waals surface area contributed by atoms with Gasteiger partial charge in [0.15, 0.2) is 5.82 Å². The number of rotatable bonds is 6. The smallest absolute Gasteiger partial charge is 0.254 e. The zero-order valence-corrected chi connectivity index (χ0v) is 19.9. The molecule has 0 radical (unpaired) electrons. The van der Waals surface area contributed by atoms with E-state index < -0.39 is 11.7 Å². The third kappa shape index (κ3) is 4.53. The number of fused-ring (bicyclic) bond motifs is 1. The molecule has 4 heterocycles. The molecular weight excluding hydrogens is 451 g/mol. The summed E-state index contributed by atoms with van der Waals surface area (Å²) in [5.41, 5.74) is 6.66. The van der Waals surface area contributed by atoms with Gasteiger partial charge in [-0.15, -0.1) is 5.10 Å². The number of anilines is 3. The number of hydrogen-bond donors (Lipinski definition) is 2. The highest BCUT2D eigenvalue weighted by Crippen LogP contribution is 2.32. The Morgan fingerprint density at radius 2 is 2.06 bits per heavy atom. The molecule has 0 spiro atoms. The maximum absolute atomic E-state index is 14.7. The molecule has 35 heavy (non-hydrogen) atoms. The van der Waals surface area contributed by atoms with E-state index in [1.54, 1.807) is 19.1 Å². The Labute approximate surface area is 202 Å². The number of benzene rings is 1. The van der Waals surface area contributed by atoms with Crippen molar-refractivity contribution in [3.63, 3.8) is 0 Å². The van der Waals surface area contributed by atoms with E-state index in [1.165, 1.54) is 29.8 Å². The van der Waals surface area contributed by atoms with Gasteiger partial charge < -0.3 is 16.0 Å². The number of hydrogen-bond acceptors (Lipinski definition) is 9. The van der Waals surface area contributed by atoms with E-state index in [2.05, 4.69) is 35.7 Å². The number of carbonyl (C=O) groups excluding carboxylic acids is 1. The van der Waals surface area contributed by atoms with Crippen LogP contribution < -0.4 is 16.0 Å². The summed E-state index contributed by atoms with van der Waals surface area (Å²) in [6.07, 6.45) is 7.02. The minimum atomic E-state index is -0.600. The number of aromatic nitrogens is 6. The summed E-state index contributed by atoms with van der Waals surface area (Å²) >= 11 is 0. The maximum atomic E-state index is 14.7. The Morgan fingerprint density at radius 1 is 1.23 bits per heavy atom. The second-order valence-corrected chi connectivity index (χ2v) is 9.14. The van der Waals surface area contributed by atoms with Crippen LogP contribution in [0.3, 0.4) is 0 Å². The largest absolute Gasteiger partial charge is 0.365 e. The second-order valence-electron chi connectivity index (χ2n) is 9.14. The zero-order chi connectivity index (χ0) is 24.5. The van der Waals surface area contributed by atoms with Gasteiger partial charge in [-0.3, -0.25) is 9.69 Å². The molecule has 2 aromatic heterocycles. The molecule has 5 rings (SSSR count). The fraction of sp³-hybridized carbons (Fsp3) is 0.478. The van der Waals surface area contributed by atoms with Crippen molar-refractivity contribution in [2.75, 3.05) is 30.4 Å². The molecule has 3 N–H and O–H groups in total. The van der Waals surface area contributed by atoms with Crippen molar-refractivity contribution in [3.8, 4) is 5.69 Å². The van der Waals surface area contributed by atoms with Gasteiger partial charge in [0, 0.05) is 25.3 Å². The van der Waals surface area contributed by atoms with Crippen LogP contribution in [0.25, 0.3) is 5.69 Å². The third-order valence-corrected chi connectivity index (χ3v) is 6.99. The maximum Gasteiger partial charge on any atom is 0.254 e. The van der Waals surface area contributed by atoms with Gasteiger partial charge >= 0.3 is 0 Å². The molecule has 1 aromatic carbocycles. The molecule has 12 heteroatoms. The molecule has 11 nitrogen and oxygen atoms in total. The molecule has 0 saturated carbocycles. The Balaban J connectivity index is 1.46. The summed E-state index contributed by atoms with van der Waals surface area (Å²) in [6.45, 7) is 3.96. The van der Waals surface area contributed by atoms with Crippen LogP contribution in [0.5, 0.6) is 0 Å². The molecule has 184 valence electrons. The third-order valence-electron chi connectivity index (χ3n) is 6.99. The van der Waals surface area contributed by atoms with Gasteiger partial charge in [-0.25, -0.2) is 9.37 Å². The number of carbonyl (C=O) groups is 1.